The number of nitrogens with one attached hydrogen (secondary N) is 2. The maximum atomic E-state index is 12.9. The van der Waals surface area contributed by atoms with Crippen molar-refractivity contribution in [3.8, 4) is 5.69 Å². The molecule has 0 aliphatic heterocycles. The highest BCUT2D eigenvalue weighted by molar-refractivity contribution is 7.90. The third-order valence-electron chi connectivity index (χ3n) is 5.97. The molecular weight excluding hydrogens is 490 g/mol. The van der Waals surface area contributed by atoms with Gasteiger partial charge in [-0.25, -0.2) is 8.42 Å². The molecule has 1 saturated carbocycles. The van der Waals surface area contributed by atoms with Crippen molar-refractivity contribution in [1.29, 1.82) is 0 Å². The SMILES string of the molecule is CS(=O)(=O)c1cc(Cl)ccc1C(=O)N[C@@H]1CCC[C@@H]1NC(=O)c1ccc(-n2ccccc2=O)cc1. The van der Waals surface area contributed by atoms with Gasteiger partial charge in [0.2, 0.25) is 0 Å². The zero-order valence-corrected chi connectivity index (χ0v) is 20.5. The van der Waals surface area contributed by atoms with Crippen molar-refractivity contribution in [2.45, 2.75) is 36.2 Å². The Bertz CT molecular complexity index is 1430. The van der Waals surface area contributed by atoms with Crippen LogP contribution in [-0.2, 0) is 9.84 Å². The molecule has 2 N–H and O–H groups in total. The molecule has 35 heavy (non-hydrogen) atoms. The van der Waals surface area contributed by atoms with Gasteiger partial charge >= 0.3 is 0 Å². The molecule has 1 aromatic heterocycles. The number of benzene rings is 2. The fraction of sp³-hybridized carbons (Fsp3) is 0.240. The summed E-state index contributed by atoms with van der Waals surface area (Å²) in [5.41, 5.74) is 0.907. The molecule has 2 aromatic carbocycles. The summed E-state index contributed by atoms with van der Waals surface area (Å²) in [4.78, 5) is 37.6. The highest BCUT2D eigenvalue weighted by atomic mass is 35.5. The first-order valence-corrected chi connectivity index (χ1v) is 13.3. The predicted octanol–water partition coefficient (Wildman–Crippen LogP) is 2.98. The second kappa shape index (κ2) is 10.1. The second-order valence-electron chi connectivity index (χ2n) is 8.46. The zero-order chi connectivity index (χ0) is 25.2. The molecule has 0 radical (unpaired) electrons. The van der Waals surface area contributed by atoms with Gasteiger partial charge in [0.1, 0.15) is 0 Å². The van der Waals surface area contributed by atoms with Crippen LogP contribution < -0.4 is 16.2 Å². The number of amides is 2. The Hall–Kier alpha value is -3.43. The van der Waals surface area contributed by atoms with Gasteiger partial charge in [-0.15, -0.1) is 0 Å². The number of rotatable bonds is 6. The molecule has 1 aliphatic carbocycles. The molecule has 2 atom stereocenters. The highest BCUT2D eigenvalue weighted by Crippen LogP contribution is 2.24. The van der Waals surface area contributed by atoms with Gasteiger partial charge in [-0.2, -0.15) is 0 Å². The van der Waals surface area contributed by atoms with Crippen LogP contribution in [-0.4, -0.2) is 43.1 Å². The first-order chi connectivity index (χ1) is 16.6. The van der Waals surface area contributed by atoms with Gasteiger partial charge < -0.3 is 10.6 Å². The van der Waals surface area contributed by atoms with Crippen LogP contribution in [0, 0.1) is 0 Å². The predicted molar refractivity (Wildman–Crippen MR) is 133 cm³/mol. The number of sulfone groups is 1. The summed E-state index contributed by atoms with van der Waals surface area (Å²) >= 11 is 5.93. The fourth-order valence-corrected chi connectivity index (χ4v) is 5.35. The van der Waals surface area contributed by atoms with Crippen LogP contribution >= 0.6 is 11.6 Å². The standard InChI is InChI=1S/C25H24ClN3O5S/c1-35(33,34)22-15-17(26)10-13-19(22)25(32)28-21-6-4-5-20(21)27-24(31)16-8-11-18(12-9-16)29-14-3-2-7-23(29)30/h2-3,7-15,20-21H,4-6H2,1H3,(H,27,31)(H,28,32)/t20-,21+/m0/s1. The highest BCUT2D eigenvalue weighted by Gasteiger charge is 2.31. The number of hydrogen-bond donors (Lipinski definition) is 2. The third-order valence-corrected chi connectivity index (χ3v) is 7.34. The Kier molecular flexibility index (Phi) is 7.09. The van der Waals surface area contributed by atoms with E-state index in [1.165, 1.54) is 28.8 Å². The number of pyridine rings is 1. The summed E-state index contributed by atoms with van der Waals surface area (Å²) in [5.74, 6) is -0.836. The number of hydrogen-bond acceptors (Lipinski definition) is 5. The van der Waals surface area contributed by atoms with E-state index >= 15 is 0 Å². The smallest absolute Gasteiger partial charge is 0.255 e. The molecule has 8 nitrogen and oxygen atoms in total. The molecule has 0 spiro atoms. The van der Waals surface area contributed by atoms with Gasteiger partial charge in [0, 0.05) is 46.9 Å². The molecule has 4 rings (SSSR count). The lowest BCUT2D eigenvalue weighted by atomic mass is 10.1. The zero-order valence-electron chi connectivity index (χ0n) is 18.9. The summed E-state index contributed by atoms with van der Waals surface area (Å²) < 4.78 is 25.7. The average molecular weight is 514 g/mol. The first-order valence-electron chi connectivity index (χ1n) is 11.0. The summed E-state index contributed by atoms with van der Waals surface area (Å²) in [6.07, 6.45) is 4.79. The van der Waals surface area contributed by atoms with Crippen LogP contribution in [0.25, 0.3) is 5.69 Å². The van der Waals surface area contributed by atoms with E-state index < -0.39 is 15.7 Å². The number of carbonyl (C=O) groups is 2. The molecule has 0 unspecified atom stereocenters. The second-order valence-corrected chi connectivity index (χ2v) is 10.9. The van der Waals surface area contributed by atoms with Gasteiger partial charge in [-0.1, -0.05) is 17.7 Å². The van der Waals surface area contributed by atoms with E-state index in [1.54, 1.807) is 42.6 Å². The Labute approximate surface area is 207 Å². The third kappa shape index (κ3) is 5.63. The molecule has 0 saturated heterocycles. The topological polar surface area (TPSA) is 114 Å². The van der Waals surface area contributed by atoms with E-state index in [-0.39, 0.29) is 39.0 Å². The van der Waals surface area contributed by atoms with Gasteiger partial charge in [0.25, 0.3) is 17.4 Å². The normalized spacial score (nSPS) is 17.7. The van der Waals surface area contributed by atoms with Crippen molar-refractivity contribution >= 4 is 33.3 Å². The fourth-order valence-electron chi connectivity index (χ4n) is 4.21. The lowest BCUT2D eigenvalue weighted by Gasteiger charge is -2.23. The van der Waals surface area contributed by atoms with E-state index in [0.29, 0.717) is 24.1 Å². The minimum Gasteiger partial charge on any atom is -0.347 e. The van der Waals surface area contributed by atoms with Crippen LogP contribution in [0.15, 0.2) is 76.6 Å². The quantitative estimate of drug-likeness (QED) is 0.526. The number of aromatic nitrogens is 1. The minimum absolute atomic E-state index is 0.0145. The van der Waals surface area contributed by atoms with Crippen molar-refractivity contribution in [2.75, 3.05) is 6.26 Å². The van der Waals surface area contributed by atoms with Crippen LogP contribution in [0.2, 0.25) is 5.02 Å². The average Bonchev–Trinajstić information content (AvgIpc) is 3.25. The van der Waals surface area contributed by atoms with Gasteiger partial charge in [-0.3, -0.25) is 19.0 Å². The van der Waals surface area contributed by atoms with Crippen LogP contribution in [0.4, 0.5) is 0 Å². The summed E-state index contributed by atoms with van der Waals surface area (Å²) in [5, 5.41) is 6.06. The van der Waals surface area contributed by atoms with Crippen molar-refractivity contribution in [3.63, 3.8) is 0 Å². The Morgan fingerprint density at radius 2 is 1.60 bits per heavy atom. The number of halogens is 1. The molecule has 1 heterocycles. The van der Waals surface area contributed by atoms with Gasteiger partial charge in [0.15, 0.2) is 9.84 Å². The van der Waals surface area contributed by atoms with Crippen LogP contribution in [0.1, 0.15) is 40.0 Å². The van der Waals surface area contributed by atoms with E-state index in [0.717, 1.165) is 12.7 Å². The molecule has 3 aromatic rings. The van der Waals surface area contributed by atoms with E-state index in [2.05, 4.69) is 10.6 Å². The van der Waals surface area contributed by atoms with Crippen molar-refractivity contribution in [1.82, 2.24) is 15.2 Å². The molecule has 10 heteroatoms. The lowest BCUT2D eigenvalue weighted by molar-refractivity contribution is 0.0890. The van der Waals surface area contributed by atoms with Crippen LogP contribution in [0.3, 0.4) is 0 Å². The Morgan fingerprint density at radius 1 is 0.943 bits per heavy atom. The van der Waals surface area contributed by atoms with Gasteiger partial charge in [0.05, 0.1) is 10.5 Å². The van der Waals surface area contributed by atoms with Gasteiger partial charge in [-0.05, 0) is 67.8 Å². The number of carbonyl (C=O) groups excluding carboxylic acids is 2. The summed E-state index contributed by atoms with van der Waals surface area (Å²) in [7, 11) is -3.67. The summed E-state index contributed by atoms with van der Waals surface area (Å²) in [6, 6.07) is 15.0. The van der Waals surface area contributed by atoms with Crippen molar-refractivity contribution in [3.05, 3.63) is 93.4 Å². The van der Waals surface area contributed by atoms with E-state index in [9.17, 15) is 22.8 Å². The largest absolute Gasteiger partial charge is 0.347 e. The van der Waals surface area contributed by atoms with E-state index in [4.69, 9.17) is 11.6 Å². The maximum Gasteiger partial charge on any atom is 0.255 e. The maximum absolute atomic E-state index is 12.9. The lowest BCUT2D eigenvalue weighted by Crippen LogP contribution is -2.48. The first kappa shape index (κ1) is 24.7. The Morgan fingerprint density at radius 3 is 2.23 bits per heavy atom. The van der Waals surface area contributed by atoms with Crippen molar-refractivity contribution in [2.24, 2.45) is 0 Å². The molecule has 1 aliphatic rings. The molecule has 182 valence electrons. The number of nitrogens with zero attached hydrogens (tertiary/aromatic N) is 1. The molecule has 1 fully saturated rings. The monoisotopic (exact) mass is 513 g/mol. The molecule has 2 amide bonds. The Balaban J connectivity index is 1.45. The molecule has 0 bridgehead atoms. The minimum atomic E-state index is -3.67. The van der Waals surface area contributed by atoms with Crippen LogP contribution in [0.5, 0.6) is 0 Å². The van der Waals surface area contributed by atoms with E-state index in [1.807, 2.05) is 0 Å². The molecular formula is C25H24ClN3O5S. The summed E-state index contributed by atoms with van der Waals surface area (Å²) in [6.45, 7) is 0. The van der Waals surface area contributed by atoms with Crippen molar-refractivity contribution < 1.29 is 18.0 Å².